The summed E-state index contributed by atoms with van der Waals surface area (Å²) in [6, 6.07) is 8.28. The fourth-order valence-electron chi connectivity index (χ4n) is 3.43. The van der Waals surface area contributed by atoms with Crippen molar-refractivity contribution in [3.05, 3.63) is 58.9 Å². The molecule has 8 nitrogen and oxygen atoms in total. The SMILES string of the molecule is CCc1ccc(Cn2nnc(C(=O)N[C@@H]3CCCn4ncnc43)c2C)cc1. The van der Waals surface area contributed by atoms with Crippen LogP contribution in [0.25, 0.3) is 0 Å². The highest BCUT2D eigenvalue weighted by Crippen LogP contribution is 2.22. The molecule has 3 heterocycles. The molecule has 4 rings (SSSR count). The van der Waals surface area contributed by atoms with Gasteiger partial charge in [-0.3, -0.25) is 4.79 Å². The molecule has 0 saturated carbocycles. The van der Waals surface area contributed by atoms with E-state index in [1.165, 1.54) is 11.9 Å². The van der Waals surface area contributed by atoms with Crippen LogP contribution in [-0.2, 0) is 19.5 Å². The van der Waals surface area contributed by atoms with Crippen molar-refractivity contribution in [2.24, 2.45) is 0 Å². The van der Waals surface area contributed by atoms with Crippen LogP contribution in [0.1, 0.15) is 58.9 Å². The first-order chi connectivity index (χ1) is 13.2. The summed E-state index contributed by atoms with van der Waals surface area (Å²) < 4.78 is 3.61. The summed E-state index contributed by atoms with van der Waals surface area (Å²) in [6.45, 7) is 5.44. The number of hydrogen-bond acceptors (Lipinski definition) is 5. The Hall–Kier alpha value is -3.03. The van der Waals surface area contributed by atoms with Crippen LogP contribution < -0.4 is 5.32 Å². The third-order valence-corrected chi connectivity index (χ3v) is 5.09. The van der Waals surface area contributed by atoms with Crippen LogP contribution in [0, 0.1) is 6.92 Å². The van der Waals surface area contributed by atoms with Gasteiger partial charge in [-0.25, -0.2) is 14.3 Å². The molecule has 1 aromatic carbocycles. The third kappa shape index (κ3) is 3.47. The zero-order chi connectivity index (χ0) is 18.8. The average molecular weight is 365 g/mol. The zero-order valence-electron chi connectivity index (χ0n) is 15.6. The highest BCUT2D eigenvalue weighted by Gasteiger charge is 2.26. The molecule has 1 aliphatic rings. The highest BCUT2D eigenvalue weighted by molar-refractivity contribution is 5.93. The summed E-state index contributed by atoms with van der Waals surface area (Å²) in [7, 11) is 0. The Labute approximate surface area is 157 Å². The Morgan fingerprint density at radius 2 is 2.04 bits per heavy atom. The number of hydrogen-bond donors (Lipinski definition) is 1. The van der Waals surface area contributed by atoms with Gasteiger partial charge < -0.3 is 5.32 Å². The standard InChI is InChI=1S/C19H23N7O/c1-3-14-6-8-15(9-7-14)11-26-13(2)17(23-24-26)19(27)22-16-5-4-10-25-18(16)20-12-21-25/h6-9,12,16H,3-5,10-11H2,1-2H3,(H,22,27)/t16-/m1/s1. The maximum Gasteiger partial charge on any atom is 0.274 e. The number of fused-ring (bicyclic) bond motifs is 1. The van der Waals surface area contributed by atoms with E-state index in [-0.39, 0.29) is 11.9 Å². The minimum Gasteiger partial charge on any atom is -0.341 e. The number of aryl methyl sites for hydroxylation is 2. The van der Waals surface area contributed by atoms with Gasteiger partial charge in [-0.1, -0.05) is 36.4 Å². The van der Waals surface area contributed by atoms with Crippen LogP contribution in [0.15, 0.2) is 30.6 Å². The first-order valence-corrected chi connectivity index (χ1v) is 9.32. The van der Waals surface area contributed by atoms with Gasteiger partial charge in [0.1, 0.15) is 12.2 Å². The fraction of sp³-hybridized carbons (Fsp3) is 0.421. The largest absolute Gasteiger partial charge is 0.341 e. The number of nitrogens with zero attached hydrogens (tertiary/aromatic N) is 6. The molecule has 8 heteroatoms. The van der Waals surface area contributed by atoms with Crippen molar-refractivity contribution < 1.29 is 4.79 Å². The van der Waals surface area contributed by atoms with E-state index in [9.17, 15) is 4.79 Å². The summed E-state index contributed by atoms with van der Waals surface area (Å²) in [5.41, 5.74) is 3.54. The van der Waals surface area contributed by atoms with Crippen LogP contribution in [-0.4, -0.2) is 35.7 Å². The summed E-state index contributed by atoms with van der Waals surface area (Å²) in [6.07, 6.45) is 4.36. The molecule has 1 N–H and O–H groups in total. The van der Waals surface area contributed by atoms with Gasteiger partial charge in [-0.15, -0.1) is 5.10 Å². The molecule has 2 aromatic heterocycles. The molecule has 0 aliphatic carbocycles. The lowest BCUT2D eigenvalue weighted by atomic mass is 10.1. The van der Waals surface area contributed by atoms with Crippen molar-refractivity contribution in [3.63, 3.8) is 0 Å². The number of carbonyl (C=O) groups is 1. The molecule has 0 saturated heterocycles. The van der Waals surface area contributed by atoms with Crippen molar-refractivity contribution in [3.8, 4) is 0 Å². The van der Waals surface area contributed by atoms with Crippen molar-refractivity contribution in [1.29, 1.82) is 0 Å². The van der Waals surface area contributed by atoms with Crippen molar-refractivity contribution in [2.75, 3.05) is 0 Å². The number of benzene rings is 1. The predicted molar refractivity (Wildman–Crippen MR) is 99.1 cm³/mol. The van der Waals surface area contributed by atoms with Gasteiger partial charge in [-0.2, -0.15) is 5.10 Å². The second kappa shape index (κ2) is 7.30. The van der Waals surface area contributed by atoms with E-state index in [0.717, 1.165) is 42.9 Å². The van der Waals surface area contributed by atoms with E-state index >= 15 is 0 Å². The summed E-state index contributed by atoms with van der Waals surface area (Å²) in [4.78, 5) is 17.0. The Morgan fingerprint density at radius 1 is 1.26 bits per heavy atom. The first-order valence-electron chi connectivity index (χ1n) is 9.32. The van der Waals surface area contributed by atoms with Gasteiger partial charge in [0, 0.05) is 6.54 Å². The summed E-state index contributed by atoms with van der Waals surface area (Å²) >= 11 is 0. The topological polar surface area (TPSA) is 90.5 Å². The number of rotatable bonds is 5. The van der Waals surface area contributed by atoms with Crippen LogP contribution in [0.2, 0.25) is 0 Å². The number of amides is 1. The maximum atomic E-state index is 12.7. The molecule has 0 spiro atoms. The molecule has 0 unspecified atom stereocenters. The Morgan fingerprint density at radius 3 is 2.81 bits per heavy atom. The van der Waals surface area contributed by atoms with Crippen LogP contribution in [0.3, 0.4) is 0 Å². The van der Waals surface area contributed by atoms with Crippen molar-refractivity contribution >= 4 is 5.91 Å². The number of aromatic nitrogens is 6. The minimum atomic E-state index is -0.221. The van der Waals surface area contributed by atoms with Gasteiger partial charge in [0.05, 0.1) is 18.3 Å². The van der Waals surface area contributed by atoms with Crippen molar-refractivity contribution in [2.45, 2.75) is 52.2 Å². The van der Waals surface area contributed by atoms with Crippen LogP contribution >= 0.6 is 0 Å². The minimum absolute atomic E-state index is 0.139. The first kappa shape index (κ1) is 17.4. The highest BCUT2D eigenvalue weighted by atomic mass is 16.2. The Balaban J connectivity index is 1.48. The zero-order valence-corrected chi connectivity index (χ0v) is 15.6. The second-order valence-corrected chi connectivity index (χ2v) is 6.86. The van der Waals surface area contributed by atoms with Gasteiger partial charge in [-0.05, 0) is 37.3 Å². The molecule has 0 bridgehead atoms. The molecular formula is C19H23N7O. The molecule has 1 aliphatic heterocycles. The Bertz CT molecular complexity index is 941. The van der Waals surface area contributed by atoms with E-state index in [1.54, 1.807) is 4.68 Å². The quantitative estimate of drug-likeness (QED) is 0.747. The lowest BCUT2D eigenvalue weighted by Crippen LogP contribution is -2.33. The van der Waals surface area contributed by atoms with E-state index in [4.69, 9.17) is 0 Å². The van der Waals surface area contributed by atoms with Crippen LogP contribution in [0.4, 0.5) is 0 Å². The summed E-state index contributed by atoms with van der Waals surface area (Å²) in [5, 5.41) is 15.5. The predicted octanol–water partition coefficient (Wildman–Crippen LogP) is 2.05. The molecule has 3 aromatic rings. The lowest BCUT2D eigenvalue weighted by molar-refractivity contribution is 0.0921. The van der Waals surface area contributed by atoms with Gasteiger partial charge in [0.2, 0.25) is 0 Å². The lowest BCUT2D eigenvalue weighted by Gasteiger charge is -2.22. The summed E-state index contributed by atoms with van der Waals surface area (Å²) in [5.74, 6) is 0.581. The molecule has 0 fully saturated rings. The average Bonchev–Trinajstić information content (AvgIpc) is 3.30. The molecular weight excluding hydrogens is 342 g/mol. The van der Waals surface area contributed by atoms with Gasteiger partial charge in [0.25, 0.3) is 5.91 Å². The van der Waals surface area contributed by atoms with Crippen LogP contribution in [0.5, 0.6) is 0 Å². The molecule has 140 valence electrons. The van der Waals surface area contributed by atoms with E-state index in [2.05, 4.69) is 56.9 Å². The van der Waals surface area contributed by atoms with Gasteiger partial charge >= 0.3 is 0 Å². The molecule has 1 amide bonds. The van der Waals surface area contributed by atoms with E-state index in [0.29, 0.717) is 12.2 Å². The maximum absolute atomic E-state index is 12.7. The fourth-order valence-corrected chi connectivity index (χ4v) is 3.43. The smallest absolute Gasteiger partial charge is 0.274 e. The monoisotopic (exact) mass is 365 g/mol. The molecule has 27 heavy (non-hydrogen) atoms. The Kier molecular flexibility index (Phi) is 4.70. The normalized spacial score (nSPS) is 16.1. The van der Waals surface area contributed by atoms with Gasteiger partial charge in [0.15, 0.2) is 5.69 Å². The van der Waals surface area contributed by atoms with E-state index < -0.39 is 0 Å². The number of carbonyl (C=O) groups excluding carboxylic acids is 1. The molecule has 1 atom stereocenters. The van der Waals surface area contributed by atoms with E-state index in [1.807, 2.05) is 11.6 Å². The second-order valence-electron chi connectivity index (χ2n) is 6.86. The molecule has 0 radical (unpaired) electrons. The third-order valence-electron chi connectivity index (χ3n) is 5.09. The number of nitrogens with one attached hydrogen (secondary N) is 1. The van der Waals surface area contributed by atoms with Crippen molar-refractivity contribution in [1.82, 2.24) is 35.1 Å².